The number of halogens is 1. The molecule has 0 bridgehead atoms. The minimum Gasteiger partial charge on any atom is -0.482 e. The Labute approximate surface area is 122 Å². The molecular formula is C14H18ClNO4. The fourth-order valence-corrected chi connectivity index (χ4v) is 1.77. The first-order valence-corrected chi connectivity index (χ1v) is 6.60. The third-order valence-corrected chi connectivity index (χ3v) is 3.01. The van der Waals surface area contributed by atoms with Crippen LogP contribution in [0.15, 0.2) is 18.2 Å². The molecule has 0 aliphatic rings. The highest BCUT2D eigenvalue weighted by atomic mass is 35.5. The summed E-state index contributed by atoms with van der Waals surface area (Å²) in [6.07, 6.45) is 0. The molecule has 0 saturated heterocycles. The summed E-state index contributed by atoms with van der Waals surface area (Å²) in [4.78, 5) is 22.7. The van der Waals surface area contributed by atoms with E-state index in [1.807, 2.05) is 13.0 Å². The molecule has 0 heterocycles. The summed E-state index contributed by atoms with van der Waals surface area (Å²) in [7, 11) is 0. The number of carbonyl (C=O) groups excluding carboxylic acids is 1. The van der Waals surface area contributed by atoms with Gasteiger partial charge in [0.15, 0.2) is 6.61 Å². The second-order valence-corrected chi connectivity index (χ2v) is 5.26. The molecule has 1 atom stereocenters. The van der Waals surface area contributed by atoms with Gasteiger partial charge in [-0.05, 0) is 30.5 Å². The summed E-state index contributed by atoms with van der Waals surface area (Å²) in [6.45, 7) is 5.04. The number of ether oxygens (including phenoxy) is 1. The highest BCUT2D eigenvalue weighted by molar-refractivity contribution is 6.32. The Morgan fingerprint density at radius 1 is 1.40 bits per heavy atom. The monoisotopic (exact) mass is 299 g/mol. The Balaban J connectivity index is 2.59. The Kier molecular flexibility index (Phi) is 5.82. The molecule has 110 valence electrons. The topological polar surface area (TPSA) is 75.6 Å². The van der Waals surface area contributed by atoms with Crippen molar-refractivity contribution in [3.05, 3.63) is 28.8 Å². The number of carboxylic acid groups (broad SMARTS) is 1. The van der Waals surface area contributed by atoms with Crippen molar-refractivity contribution in [2.45, 2.75) is 26.8 Å². The largest absolute Gasteiger partial charge is 0.482 e. The minimum absolute atomic E-state index is 0.209. The van der Waals surface area contributed by atoms with Crippen molar-refractivity contribution in [3.8, 4) is 5.75 Å². The lowest BCUT2D eigenvalue weighted by Gasteiger charge is -2.18. The Bertz CT molecular complexity index is 502. The maximum atomic E-state index is 11.7. The van der Waals surface area contributed by atoms with E-state index in [2.05, 4.69) is 5.32 Å². The molecule has 0 saturated carbocycles. The number of aliphatic carboxylic acids is 1. The Morgan fingerprint density at radius 2 is 2.05 bits per heavy atom. The molecule has 20 heavy (non-hydrogen) atoms. The van der Waals surface area contributed by atoms with E-state index in [4.69, 9.17) is 21.4 Å². The third-order valence-electron chi connectivity index (χ3n) is 2.69. The Morgan fingerprint density at radius 3 is 2.60 bits per heavy atom. The third kappa shape index (κ3) is 4.74. The highest BCUT2D eigenvalue weighted by Gasteiger charge is 2.23. The van der Waals surface area contributed by atoms with E-state index in [0.29, 0.717) is 10.8 Å². The fraction of sp³-hybridized carbons (Fsp3) is 0.429. The zero-order valence-electron chi connectivity index (χ0n) is 11.6. The van der Waals surface area contributed by atoms with Crippen LogP contribution in [0.4, 0.5) is 0 Å². The lowest BCUT2D eigenvalue weighted by atomic mass is 10.1. The van der Waals surface area contributed by atoms with E-state index in [1.165, 1.54) is 0 Å². The van der Waals surface area contributed by atoms with Crippen molar-refractivity contribution in [1.29, 1.82) is 0 Å². The van der Waals surface area contributed by atoms with Crippen LogP contribution in [0.5, 0.6) is 5.75 Å². The number of amides is 1. The van der Waals surface area contributed by atoms with E-state index in [0.717, 1.165) is 5.56 Å². The van der Waals surface area contributed by atoms with Gasteiger partial charge in [0.2, 0.25) is 0 Å². The average molecular weight is 300 g/mol. The molecule has 6 heteroatoms. The maximum absolute atomic E-state index is 11.7. The molecule has 1 amide bonds. The fourth-order valence-electron chi connectivity index (χ4n) is 1.59. The lowest BCUT2D eigenvalue weighted by molar-refractivity contribution is -0.143. The number of rotatable bonds is 6. The average Bonchev–Trinajstić information content (AvgIpc) is 2.36. The number of aryl methyl sites for hydroxylation is 1. The van der Waals surface area contributed by atoms with E-state index in [1.54, 1.807) is 26.0 Å². The first-order chi connectivity index (χ1) is 9.31. The highest BCUT2D eigenvalue weighted by Crippen LogP contribution is 2.25. The molecule has 0 aromatic heterocycles. The summed E-state index contributed by atoms with van der Waals surface area (Å²) in [5.74, 6) is -1.37. The molecule has 2 N–H and O–H groups in total. The quantitative estimate of drug-likeness (QED) is 0.845. The van der Waals surface area contributed by atoms with Crippen molar-refractivity contribution in [1.82, 2.24) is 5.32 Å². The number of carbonyl (C=O) groups is 2. The minimum atomic E-state index is -1.07. The lowest BCUT2D eigenvalue weighted by Crippen LogP contribution is -2.46. The summed E-state index contributed by atoms with van der Waals surface area (Å²) >= 11 is 5.94. The van der Waals surface area contributed by atoms with Gasteiger partial charge >= 0.3 is 5.97 Å². The zero-order valence-corrected chi connectivity index (χ0v) is 12.4. The van der Waals surface area contributed by atoms with Crippen LogP contribution in [0.1, 0.15) is 19.4 Å². The number of benzene rings is 1. The van der Waals surface area contributed by atoms with E-state index in [-0.39, 0.29) is 12.5 Å². The molecule has 0 radical (unpaired) electrons. The van der Waals surface area contributed by atoms with Gasteiger partial charge < -0.3 is 15.2 Å². The van der Waals surface area contributed by atoms with Crippen LogP contribution in [0, 0.1) is 12.8 Å². The van der Waals surface area contributed by atoms with Crippen LogP contribution < -0.4 is 10.1 Å². The van der Waals surface area contributed by atoms with Crippen molar-refractivity contribution >= 4 is 23.5 Å². The van der Waals surface area contributed by atoms with Gasteiger partial charge in [0.05, 0.1) is 5.02 Å². The van der Waals surface area contributed by atoms with Gasteiger partial charge in [-0.2, -0.15) is 0 Å². The number of nitrogens with one attached hydrogen (secondary N) is 1. The second kappa shape index (κ2) is 7.14. The van der Waals surface area contributed by atoms with Crippen LogP contribution in [-0.2, 0) is 9.59 Å². The van der Waals surface area contributed by atoms with Crippen LogP contribution in [-0.4, -0.2) is 29.6 Å². The molecule has 0 aliphatic heterocycles. The van der Waals surface area contributed by atoms with Crippen molar-refractivity contribution in [2.24, 2.45) is 5.92 Å². The normalized spacial score (nSPS) is 12.1. The predicted molar refractivity (Wildman–Crippen MR) is 76.1 cm³/mol. The van der Waals surface area contributed by atoms with E-state index >= 15 is 0 Å². The van der Waals surface area contributed by atoms with Crippen molar-refractivity contribution < 1.29 is 19.4 Å². The molecule has 0 aliphatic carbocycles. The molecule has 1 aromatic rings. The molecule has 1 rings (SSSR count). The molecule has 0 unspecified atom stereocenters. The summed E-state index contributed by atoms with van der Waals surface area (Å²) in [6, 6.07) is 4.29. The molecule has 0 fully saturated rings. The second-order valence-electron chi connectivity index (χ2n) is 4.85. The molecule has 5 nitrogen and oxygen atoms in total. The first kappa shape index (κ1) is 16.3. The van der Waals surface area contributed by atoms with Crippen molar-refractivity contribution in [3.63, 3.8) is 0 Å². The van der Waals surface area contributed by atoms with Gasteiger partial charge in [0.25, 0.3) is 5.91 Å². The molecule has 1 aromatic carbocycles. The first-order valence-electron chi connectivity index (χ1n) is 6.22. The molecular weight excluding hydrogens is 282 g/mol. The van der Waals surface area contributed by atoms with Gasteiger partial charge in [0, 0.05) is 0 Å². The van der Waals surface area contributed by atoms with Gasteiger partial charge in [-0.25, -0.2) is 4.79 Å². The van der Waals surface area contributed by atoms with Gasteiger partial charge in [-0.3, -0.25) is 4.79 Å². The van der Waals surface area contributed by atoms with E-state index < -0.39 is 17.9 Å². The maximum Gasteiger partial charge on any atom is 0.326 e. The van der Waals surface area contributed by atoms with Crippen LogP contribution in [0.2, 0.25) is 5.02 Å². The summed E-state index contributed by atoms with van der Waals surface area (Å²) < 4.78 is 5.30. The standard InChI is InChI=1S/C14H18ClNO4/c1-8(2)13(14(18)19)16-12(17)7-20-11-6-9(3)4-5-10(11)15/h4-6,8,13H,7H2,1-3H3,(H,16,17)(H,18,19)/t13-/m1/s1. The van der Waals surface area contributed by atoms with E-state index in [9.17, 15) is 9.59 Å². The SMILES string of the molecule is Cc1ccc(Cl)c(OCC(=O)N[C@@H](C(=O)O)C(C)C)c1. The smallest absolute Gasteiger partial charge is 0.326 e. The number of hydrogen-bond acceptors (Lipinski definition) is 3. The number of carboxylic acids is 1. The molecule has 0 spiro atoms. The van der Waals surface area contributed by atoms with Gasteiger partial charge in [-0.1, -0.05) is 31.5 Å². The number of hydrogen-bond donors (Lipinski definition) is 2. The Hall–Kier alpha value is -1.75. The summed E-state index contributed by atoms with van der Waals surface area (Å²) in [5.41, 5.74) is 0.954. The van der Waals surface area contributed by atoms with Gasteiger partial charge in [0.1, 0.15) is 11.8 Å². The predicted octanol–water partition coefficient (Wildman–Crippen LogP) is 2.25. The van der Waals surface area contributed by atoms with Crippen molar-refractivity contribution in [2.75, 3.05) is 6.61 Å². The van der Waals surface area contributed by atoms with Crippen LogP contribution in [0.3, 0.4) is 0 Å². The van der Waals surface area contributed by atoms with Crippen LogP contribution >= 0.6 is 11.6 Å². The summed E-state index contributed by atoms with van der Waals surface area (Å²) in [5, 5.41) is 11.8. The zero-order chi connectivity index (χ0) is 15.3. The van der Waals surface area contributed by atoms with Gasteiger partial charge in [-0.15, -0.1) is 0 Å². The van der Waals surface area contributed by atoms with Crippen LogP contribution in [0.25, 0.3) is 0 Å².